The van der Waals surface area contributed by atoms with Crippen LogP contribution in [0.4, 0.5) is 18.9 Å². The minimum atomic E-state index is -5.45. The molecule has 0 aliphatic rings. The van der Waals surface area contributed by atoms with Gasteiger partial charge in [-0.25, -0.2) is 4.98 Å². The molecule has 0 bridgehead atoms. The number of aryl methyl sites for hydroxylation is 2. The first-order valence-corrected chi connectivity index (χ1v) is 12.3. The van der Waals surface area contributed by atoms with Crippen molar-refractivity contribution >= 4 is 26.7 Å². The van der Waals surface area contributed by atoms with Crippen molar-refractivity contribution in [1.82, 2.24) is 9.97 Å². The van der Waals surface area contributed by atoms with Crippen molar-refractivity contribution < 1.29 is 26.7 Å². The molecule has 0 saturated carbocycles. The molecule has 6 nitrogen and oxygen atoms in total. The summed E-state index contributed by atoms with van der Waals surface area (Å²) in [7, 11) is -5.45. The average Bonchev–Trinajstić information content (AvgIpc) is 3.19. The molecule has 0 atom stereocenters. The number of hydrogen-bond donors (Lipinski definition) is 3. The highest BCUT2D eigenvalue weighted by atomic mass is 32.2. The van der Waals surface area contributed by atoms with Crippen LogP contribution in [0.25, 0.3) is 22.2 Å². The van der Waals surface area contributed by atoms with E-state index in [1.807, 2.05) is 42.5 Å². The zero-order chi connectivity index (χ0) is 25.4. The van der Waals surface area contributed by atoms with Crippen LogP contribution in [-0.2, 0) is 28.5 Å². The highest BCUT2D eigenvalue weighted by molar-refractivity contribution is 7.93. The SMILES string of the molecule is CC(C)(O)c1ccccc1-c1ccc2nc(CCc3ccc(NS(=O)(=O)C(F)(F)F)cc3)[nH]c2c1. The minimum absolute atomic E-state index is 0.159. The zero-order valence-corrected chi connectivity index (χ0v) is 19.8. The number of nitrogens with one attached hydrogen (secondary N) is 2. The third kappa shape index (κ3) is 5.49. The van der Waals surface area contributed by atoms with Crippen molar-refractivity contribution in [3.8, 4) is 11.1 Å². The molecular formula is C25H24F3N3O3S. The summed E-state index contributed by atoms with van der Waals surface area (Å²) in [5, 5.41) is 10.5. The lowest BCUT2D eigenvalue weighted by Gasteiger charge is -2.21. The number of aromatic nitrogens is 2. The third-order valence-electron chi connectivity index (χ3n) is 5.59. The van der Waals surface area contributed by atoms with Crippen molar-refractivity contribution in [1.29, 1.82) is 0 Å². The Morgan fingerprint density at radius 3 is 2.31 bits per heavy atom. The number of halogens is 3. The molecule has 3 N–H and O–H groups in total. The Balaban J connectivity index is 1.48. The molecule has 0 unspecified atom stereocenters. The fraction of sp³-hybridized carbons (Fsp3) is 0.240. The van der Waals surface area contributed by atoms with E-state index in [-0.39, 0.29) is 5.69 Å². The number of aromatic amines is 1. The summed E-state index contributed by atoms with van der Waals surface area (Å²) in [6.45, 7) is 3.49. The van der Waals surface area contributed by atoms with Gasteiger partial charge in [0.1, 0.15) is 5.82 Å². The Morgan fingerprint density at radius 1 is 0.971 bits per heavy atom. The standard InChI is InChI=1S/C25H24F3N3O3S/c1-24(2,32)20-6-4-3-5-19(20)17-10-13-21-22(15-17)30-23(29-21)14-9-16-7-11-18(12-8-16)31-35(33,34)25(26,27)28/h3-8,10-13,15,31-32H,9,14H2,1-2H3,(H,29,30). The molecule has 10 heteroatoms. The highest BCUT2D eigenvalue weighted by Gasteiger charge is 2.46. The minimum Gasteiger partial charge on any atom is -0.386 e. The number of aliphatic hydroxyl groups is 1. The molecule has 0 aliphatic carbocycles. The average molecular weight is 504 g/mol. The first kappa shape index (κ1) is 24.7. The van der Waals surface area contributed by atoms with E-state index in [0.717, 1.165) is 39.1 Å². The van der Waals surface area contributed by atoms with E-state index in [2.05, 4.69) is 9.97 Å². The topological polar surface area (TPSA) is 95.1 Å². The molecule has 184 valence electrons. The summed E-state index contributed by atoms with van der Waals surface area (Å²) in [6, 6.07) is 19.3. The van der Waals surface area contributed by atoms with Crippen LogP contribution in [0.3, 0.4) is 0 Å². The Labute approximate surface area is 200 Å². The number of imidazole rings is 1. The number of rotatable bonds is 7. The molecule has 0 saturated heterocycles. The van der Waals surface area contributed by atoms with E-state index < -0.39 is 21.1 Å². The van der Waals surface area contributed by atoms with Gasteiger partial charge in [-0.05, 0) is 66.8 Å². The number of hydrogen-bond acceptors (Lipinski definition) is 4. The number of sulfonamides is 1. The van der Waals surface area contributed by atoms with Gasteiger partial charge in [-0.3, -0.25) is 4.72 Å². The first-order chi connectivity index (χ1) is 16.3. The van der Waals surface area contributed by atoms with E-state index in [9.17, 15) is 26.7 Å². The van der Waals surface area contributed by atoms with Crippen LogP contribution in [0.1, 0.15) is 30.8 Å². The van der Waals surface area contributed by atoms with Crippen LogP contribution in [0.2, 0.25) is 0 Å². The zero-order valence-electron chi connectivity index (χ0n) is 19.0. The van der Waals surface area contributed by atoms with Gasteiger partial charge in [0.15, 0.2) is 0 Å². The van der Waals surface area contributed by atoms with Crippen molar-refractivity contribution in [3.05, 3.63) is 83.7 Å². The lowest BCUT2D eigenvalue weighted by molar-refractivity contribution is -0.0429. The molecule has 0 radical (unpaired) electrons. The van der Waals surface area contributed by atoms with Crippen LogP contribution in [0.15, 0.2) is 66.7 Å². The second-order valence-corrected chi connectivity index (χ2v) is 10.4. The summed E-state index contributed by atoms with van der Waals surface area (Å²) in [4.78, 5) is 7.91. The van der Waals surface area contributed by atoms with Crippen LogP contribution in [0.5, 0.6) is 0 Å². The second-order valence-electron chi connectivity index (χ2n) is 8.77. The first-order valence-electron chi connectivity index (χ1n) is 10.8. The maximum Gasteiger partial charge on any atom is 0.516 e. The molecule has 35 heavy (non-hydrogen) atoms. The Morgan fingerprint density at radius 2 is 1.66 bits per heavy atom. The highest BCUT2D eigenvalue weighted by Crippen LogP contribution is 2.33. The normalized spacial score (nSPS) is 12.7. The van der Waals surface area contributed by atoms with Gasteiger partial charge in [-0.1, -0.05) is 42.5 Å². The summed E-state index contributed by atoms with van der Waals surface area (Å²) in [6.07, 6.45) is 1.11. The number of alkyl halides is 3. The van der Waals surface area contributed by atoms with Crippen LogP contribution in [-0.4, -0.2) is 29.0 Å². The van der Waals surface area contributed by atoms with E-state index in [1.165, 1.54) is 16.9 Å². The number of fused-ring (bicyclic) bond motifs is 1. The predicted molar refractivity (Wildman–Crippen MR) is 129 cm³/mol. The fourth-order valence-electron chi connectivity index (χ4n) is 3.83. The van der Waals surface area contributed by atoms with E-state index in [1.54, 1.807) is 26.0 Å². The van der Waals surface area contributed by atoms with Gasteiger partial charge in [0.2, 0.25) is 0 Å². The molecule has 4 rings (SSSR count). The summed E-state index contributed by atoms with van der Waals surface area (Å²) in [5.74, 6) is 0.745. The third-order valence-corrected chi connectivity index (χ3v) is 6.70. The van der Waals surface area contributed by atoms with Crippen molar-refractivity contribution in [2.24, 2.45) is 0 Å². The second kappa shape index (κ2) is 9.01. The smallest absolute Gasteiger partial charge is 0.386 e. The quantitative estimate of drug-likeness (QED) is 0.310. The fourth-order valence-corrected chi connectivity index (χ4v) is 4.39. The van der Waals surface area contributed by atoms with Gasteiger partial charge in [0.05, 0.1) is 16.6 Å². The van der Waals surface area contributed by atoms with Gasteiger partial charge in [0.25, 0.3) is 0 Å². The number of anilines is 1. The predicted octanol–water partition coefficient (Wildman–Crippen LogP) is 5.50. The molecule has 4 aromatic rings. The van der Waals surface area contributed by atoms with Gasteiger partial charge < -0.3 is 10.1 Å². The van der Waals surface area contributed by atoms with Gasteiger partial charge in [-0.15, -0.1) is 0 Å². The van der Waals surface area contributed by atoms with Gasteiger partial charge in [0, 0.05) is 12.1 Å². The van der Waals surface area contributed by atoms with Crippen molar-refractivity contribution in [3.63, 3.8) is 0 Å². The van der Waals surface area contributed by atoms with Crippen molar-refractivity contribution in [2.45, 2.75) is 37.8 Å². The molecule has 0 spiro atoms. The van der Waals surface area contributed by atoms with E-state index >= 15 is 0 Å². The van der Waals surface area contributed by atoms with Gasteiger partial charge >= 0.3 is 15.5 Å². The lowest BCUT2D eigenvalue weighted by atomic mass is 9.89. The monoisotopic (exact) mass is 503 g/mol. The van der Waals surface area contributed by atoms with Gasteiger partial charge in [-0.2, -0.15) is 21.6 Å². The Bertz CT molecular complexity index is 1460. The number of benzene rings is 3. The number of nitrogens with zero attached hydrogens (tertiary/aromatic N) is 1. The maximum absolute atomic E-state index is 12.5. The Kier molecular flexibility index (Phi) is 6.37. The molecular weight excluding hydrogens is 479 g/mol. The Hall–Kier alpha value is -3.37. The lowest BCUT2D eigenvalue weighted by Crippen LogP contribution is -2.29. The molecule has 1 aromatic heterocycles. The molecule has 0 fully saturated rings. The summed E-state index contributed by atoms with van der Waals surface area (Å²) >= 11 is 0. The van der Waals surface area contributed by atoms with Crippen molar-refractivity contribution in [2.75, 3.05) is 4.72 Å². The maximum atomic E-state index is 12.5. The summed E-state index contributed by atoms with van der Waals surface area (Å²) < 4.78 is 61.5. The molecule has 0 aliphatic heterocycles. The van der Waals surface area contributed by atoms with E-state index in [0.29, 0.717) is 12.8 Å². The summed E-state index contributed by atoms with van der Waals surface area (Å²) in [5.41, 5.74) is -1.37. The van der Waals surface area contributed by atoms with E-state index in [4.69, 9.17) is 0 Å². The van der Waals surface area contributed by atoms with Crippen LogP contribution < -0.4 is 4.72 Å². The largest absolute Gasteiger partial charge is 0.516 e. The molecule has 0 amide bonds. The van der Waals surface area contributed by atoms with Crippen LogP contribution in [0, 0.1) is 0 Å². The molecule has 1 heterocycles. The number of H-pyrrole nitrogens is 1. The molecule has 3 aromatic carbocycles. The van der Waals surface area contributed by atoms with Crippen LogP contribution >= 0.6 is 0 Å².